The van der Waals surface area contributed by atoms with Crippen LogP contribution < -0.4 is 5.32 Å². The second-order valence-electron chi connectivity index (χ2n) is 7.00. The predicted octanol–water partition coefficient (Wildman–Crippen LogP) is 4.51. The summed E-state index contributed by atoms with van der Waals surface area (Å²) < 4.78 is 4.93. The van der Waals surface area contributed by atoms with Crippen molar-refractivity contribution in [2.45, 2.75) is 12.5 Å². The maximum Gasteiger partial charge on any atom is 0.328 e. The number of rotatable bonds is 5. The fourth-order valence-corrected chi connectivity index (χ4v) is 3.51. The van der Waals surface area contributed by atoms with Crippen molar-refractivity contribution in [3.8, 4) is 0 Å². The molecule has 0 fully saturated rings. The molecule has 0 aromatic heterocycles. The Morgan fingerprint density at radius 1 is 0.793 bits per heavy atom. The molecule has 0 radical (unpaired) electrons. The van der Waals surface area contributed by atoms with Gasteiger partial charge in [-0.2, -0.15) is 0 Å². The zero-order valence-electron chi connectivity index (χ0n) is 16.1. The minimum Gasteiger partial charge on any atom is -0.467 e. The number of amides is 1. The van der Waals surface area contributed by atoms with Crippen LogP contribution in [0.3, 0.4) is 0 Å². The number of hydrogen-bond acceptors (Lipinski definition) is 3. The Kier molecular flexibility index (Phi) is 5.25. The average molecular weight is 383 g/mol. The minimum atomic E-state index is -0.764. The Hall–Kier alpha value is -3.66. The van der Waals surface area contributed by atoms with Crippen LogP contribution in [0.15, 0.2) is 84.9 Å². The molecule has 4 aromatic rings. The highest BCUT2D eigenvalue weighted by Gasteiger charge is 2.23. The molecule has 0 aliphatic heterocycles. The van der Waals surface area contributed by atoms with Gasteiger partial charge in [0.05, 0.1) is 7.11 Å². The maximum absolute atomic E-state index is 12.8. The van der Waals surface area contributed by atoms with Crippen LogP contribution in [-0.2, 0) is 16.0 Å². The van der Waals surface area contributed by atoms with E-state index in [2.05, 4.69) is 5.32 Å². The molecule has 1 N–H and O–H groups in total. The number of ether oxygens (including phenoxy) is 1. The molecule has 0 saturated heterocycles. The van der Waals surface area contributed by atoms with E-state index in [0.29, 0.717) is 12.0 Å². The van der Waals surface area contributed by atoms with E-state index in [1.165, 1.54) is 7.11 Å². The Labute approximate surface area is 169 Å². The number of fused-ring (bicyclic) bond motifs is 2. The lowest BCUT2D eigenvalue weighted by Crippen LogP contribution is -2.43. The quantitative estimate of drug-likeness (QED) is 0.516. The lowest BCUT2D eigenvalue weighted by atomic mass is 10.0. The van der Waals surface area contributed by atoms with Crippen LogP contribution in [0, 0.1) is 0 Å². The van der Waals surface area contributed by atoms with Crippen LogP contribution in [0.5, 0.6) is 0 Å². The van der Waals surface area contributed by atoms with Gasteiger partial charge in [-0.1, -0.05) is 72.8 Å². The first-order valence-corrected chi connectivity index (χ1v) is 9.49. The maximum atomic E-state index is 12.8. The van der Waals surface area contributed by atoms with E-state index in [4.69, 9.17) is 4.74 Å². The van der Waals surface area contributed by atoms with E-state index >= 15 is 0 Å². The van der Waals surface area contributed by atoms with Gasteiger partial charge in [-0.3, -0.25) is 4.79 Å². The highest BCUT2D eigenvalue weighted by Crippen LogP contribution is 2.18. The Morgan fingerprint density at radius 3 is 2.03 bits per heavy atom. The highest BCUT2D eigenvalue weighted by atomic mass is 16.5. The molecular weight excluding hydrogens is 362 g/mol. The fourth-order valence-electron chi connectivity index (χ4n) is 3.51. The van der Waals surface area contributed by atoms with Gasteiger partial charge in [0.15, 0.2) is 0 Å². The minimum absolute atomic E-state index is 0.299. The van der Waals surface area contributed by atoms with Crippen LogP contribution in [0.1, 0.15) is 15.9 Å². The van der Waals surface area contributed by atoms with Gasteiger partial charge in [0.25, 0.3) is 5.91 Å². The summed E-state index contributed by atoms with van der Waals surface area (Å²) in [5.74, 6) is -0.765. The average Bonchev–Trinajstić information content (AvgIpc) is 2.77. The molecule has 144 valence electrons. The molecule has 4 heteroatoms. The molecule has 0 bridgehead atoms. The number of methoxy groups -OCH3 is 1. The molecular formula is C25H21NO3. The molecule has 4 aromatic carbocycles. The second-order valence-corrected chi connectivity index (χ2v) is 7.00. The van der Waals surface area contributed by atoms with Gasteiger partial charge >= 0.3 is 5.97 Å². The van der Waals surface area contributed by atoms with Crippen LogP contribution in [-0.4, -0.2) is 25.0 Å². The first-order valence-electron chi connectivity index (χ1n) is 9.49. The van der Waals surface area contributed by atoms with Crippen molar-refractivity contribution < 1.29 is 14.3 Å². The lowest BCUT2D eigenvalue weighted by molar-refractivity contribution is -0.142. The Bertz CT molecular complexity index is 1200. The van der Waals surface area contributed by atoms with E-state index in [1.54, 1.807) is 6.07 Å². The number of carbonyl (C=O) groups excluding carboxylic acids is 2. The lowest BCUT2D eigenvalue weighted by Gasteiger charge is -2.17. The molecule has 0 aliphatic carbocycles. The fraction of sp³-hybridized carbons (Fsp3) is 0.120. The third-order valence-electron chi connectivity index (χ3n) is 5.06. The van der Waals surface area contributed by atoms with Crippen molar-refractivity contribution in [3.05, 3.63) is 96.1 Å². The zero-order chi connectivity index (χ0) is 20.2. The Morgan fingerprint density at radius 2 is 1.38 bits per heavy atom. The standard InChI is InChI=1S/C25H21NO3/c1-29-25(28)23(15-17-10-11-18-6-2-4-8-20(18)14-17)26-24(27)22-13-12-19-7-3-5-9-21(19)16-22/h2-14,16,23H,15H2,1H3,(H,26,27)/t23-/m1/s1. The predicted molar refractivity (Wildman–Crippen MR) is 115 cm³/mol. The highest BCUT2D eigenvalue weighted by molar-refractivity contribution is 6.00. The van der Waals surface area contributed by atoms with Gasteiger partial charge in [-0.05, 0) is 39.2 Å². The monoisotopic (exact) mass is 383 g/mol. The van der Waals surface area contributed by atoms with Crippen LogP contribution in [0.4, 0.5) is 0 Å². The summed E-state index contributed by atoms with van der Waals surface area (Å²) in [4.78, 5) is 25.1. The van der Waals surface area contributed by atoms with Crippen LogP contribution >= 0.6 is 0 Å². The third kappa shape index (κ3) is 4.11. The summed E-state index contributed by atoms with van der Waals surface area (Å²) >= 11 is 0. The van der Waals surface area contributed by atoms with Gasteiger partial charge < -0.3 is 10.1 Å². The number of carbonyl (C=O) groups is 2. The van der Waals surface area contributed by atoms with Crippen molar-refractivity contribution in [2.24, 2.45) is 0 Å². The van der Waals surface area contributed by atoms with Gasteiger partial charge in [0, 0.05) is 12.0 Å². The smallest absolute Gasteiger partial charge is 0.328 e. The first-order chi connectivity index (χ1) is 14.1. The molecule has 29 heavy (non-hydrogen) atoms. The number of nitrogens with one attached hydrogen (secondary N) is 1. The second kappa shape index (κ2) is 8.15. The van der Waals surface area contributed by atoms with Gasteiger partial charge in [-0.15, -0.1) is 0 Å². The van der Waals surface area contributed by atoms with E-state index in [0.717, 1.165) is 27.1 Å². The molecule has 4 nitrogen and oxygen atoms in total. The summed E-state index contributed by atoms with van der Waals surface area (Å²) in [6, 6.07) is 26.6. The molecule has 0 spiro atoms. The SMILES string of the molecule is COC(=O)[C@@H](Cc1ccc2ccccc2c1)NC(=O)c1ccc2ccccc2c1. The molecule has 0 saturated carbocycles. The Balaban J connectivity index is 1.57. The molecule has 1 amide bonds. The van der Waals surface area contributed by atoms with Crippen molar-refractivity contribution in [1.82, 2.24) is 5.32 Å². The van der Waals surface area contributed by atoms with E-state index < -0.39 is 12.0 Å². The van der Waals surface area contributed by atoms with Crippen molar-refractivity contribution in [2.75, 3.05) is 7.11 Å². The van der Waals surface area contributed by atoms with Gasteiger partial charge in [0.2, 0.25) is 0 Å². The van der Waals surface area contributed by atoms with Crippen molar-refractivity contribution >= 4 is 33.4 Å². The summed E-state index contributed by atoms with van der Waals surface area (Å²) in [5.41, 5.74) is 1.47. The molecule has 4 rings (SSSR count). The number of esters is 1. The topological polar surface area (TPSA) is 55.4 Å². The largest absolute Gasteiger partial charge is 0.467 e. The summed E-state index contributed by atoms with van der Waals surface area (Å²) in [7, 11) is 1.33. The third-order valence-corrected chi connectivity index (χ3v) is 5.06. The van der Waals surface area contributed by atoms with Crippen LogP contribution in [0.2, 0.25) is 0 Å². The molecule has 0 aliphatic rings. The van der Waals surface area contributed by atoms with Gasteiger partial charge in [0.1, 0.15) is 6.04 Å². The molecule has 0 heterocycles. The first kappa shape index (κ1) is 18.7. The van der Waals surface area contributed by atoms with Gasteiger partial charge in [-0.25, -0.2) is 4.79 Å². The van der Waals surface area contributed by atoms with E-state index in [1.807, 2.05) is 78.9 Å². The molecule has 0 unspecified atom stereocenters. The van der Waals surface area contributed by atoms with Crippen molar-refractivity contribution in [3.63, 3.8) is 0 Å². The number of hydrogen-bond donors (Lipinski definition) is 1. The summed E-state index contributed by atoms with van der Waals surface area (Å²) in [6.45, 7) is 0. The zero-order valence-corrected chi connectivity index (χ0v) is 16.1. The van der Waals surface area contributed by atoms with E-state index in [-0.39, 0.29) is 5.91 Å². The normalized spacial score (nSPS) is 11.9. The molecule has 1 atom stereocenters. The number of benzene rings is 4. The van der Waals surface area contributed by atoms with Crippen molar-refractivity contribution in [1.29, 1.82) is 0 Å². The summed E-state index contributed by atoms with van der Waals surface area (Å²) in [6.07, 6.45) is 0.358. The van der Waals surface area contributed by atoms with Crippen LogP contribution in [0.25, 0.3) is 21.5 Å². The van der Waals surface area contributed by atoms with E-state index in [9.17, 15) is 9.59 Å². The summed E-state index contributed by atoms with van der Waals surface area (Å²) in [5, 5.41) is 7.09.